The Balaban J connectivity index is 1.80. The molecule has 44 heavy (non-hydrogen) atoms. The number of carbonyl (C=O) groups excluding carboxylic acids is 2. The summed E-state index contributed by atoms with van der Waals surface area (Å²) in [6.07, 6.45) is 0.240. The molecule has 0 aromatic heterocycles. The molecule has 10 heteroatoms. The van der Waals surface area contributed by atoms with Gasteiger partial charge < -0.3 is 15.0 Å². The molecule has 0 aliphatic carbocycles. The minimum absolute atomic E-state index is 0.0158. The number of ether oxygens (including phenoxy) is 1. The summed E-state index contributed by atoms with van der Waals surface area (Å²) < 4.78 is 34.5. The maximum absolute atomic E-state index is 14.4. The van der Waals surface area contributed by atoms with Crippen LogP contribution in [-0.4, -0.2) is 51.4 Å². The number of anilines is 1. The van der Waals surface area contributed by atoms with E-state index < -0.39 is 28.5 Å². The molecule has 0 heterocycles. The van der Waals surface area contributed by atoms with Crippen LogP contribution in [0.25, 0.3) is 0 Å². The van der Waals surface area contributed by atoms with Gasteiger partial charge in [0.2, 0.25) is 11.8 Å². The molecule has 0 aliphatic rings. The number of aryl methyl sites for hydroxylation is 1. The van der Waals surface area contributed by atoms with Crippen molar-refractivity contribution < 1.29 is 22.7 Å². The highest BCUT2D eigenvalue weighted by Gasteiger charge is 2.34. The highest BCUT2D eigenvalue weighted by molar-refractivity contribution is 7.92. The van der Waals surface area contributed by atoms with Gasteiger partial charge in [-0.1, -0.05) is 90.0 Å². The maximum atomic E-state index is 14.4. The van der Waals surface area contributed by atoms with Crippen molar-refractivity contribution in [2.24, 2.45) is 0 Å². The topological polar surface area (TPSA) is 96.0 Å². The normalized spacial score (nSPS) is 11.8. The largest absolute Gasteiger partial charge is 0.495 e. The van der Waals surface area contributed by atoms with Gasteiger partial charge >= 0.3 is 0 Å². The summed E-state index contributed by atoms with van der Waals surface area (Å²) >= 11 is 6.42. The lowest BCUT2D eigenvalue weighted by molar-refractivity contribution is -0.140. The van der Waals surface area contributed by atoms with Gasteiger partial charge in [0.25, 0.3) is 10.0 Å². The Morgan fingerprint density at radius 2 is 1.50 bits per heavy atom. The first-order chi connectivity index (χ1) is 21.1. The zero-order valence-corrected chi connectivity index (χ0v) is 26.5. The summed E-state index contributed by atoms with van der Waals surface area (Å²) in [7, 11) is -2.78. The lowest BCUT2D eigenvalue weighted by Crippen LogP contribution is -2.53. The van der Waals surface area contributed by atoms with Gasteiger partial charge in [0.05, 0.1) is 22.7 Å². The van der Waals surface area contributed by atoms with E-state index in [1.165, 1.54) is 36.3 Å². The second-order valence-corrected chi connectivity index (χ2v) is 12.5. The van der Waals surface area contributed by atoms with E-state index >= 15 is 0 Å². The van der Waals surface area contributed by atoms with Crippen LogP contribution in [0.2, 0.25) is 5.02 Å². The van der Waals surface area contributed by atoms with Gasteiger partial charge in [0.1, 0.15) is 18.3 Å². The van der Waals surface area contributed by atoms with Crippen LogP contribution >= 0.6 is 11.6 Å². The molecule has 0 saturated heterocycles. The third-order valence-corrected chi connectivity index (χ3v) is 9.21. The van der Waals surface area contributed by atoms with Gasteiger partial charge in [0.15, 0.2) is 0 Å². The number of amides is 2. The fourth-order valence-electron chi connectivity index (χ4n) is 4.80. The van der Waals surface area contributed by atoms with E-state index in [9.17, 15) is 18.0 Å². The lowest BCUT2D eigenvalue weighted by atomic mass is 10.0. The van der Waals surface area contributed by atoms with Crippen molar-refractivity contribution in [3.05, 3.63) is 125 Å². The molecular weight excluding hydrogens is 598 g/mol. The van der Waals surface area contributed by atoms with Gasteiger partial charge in [-0.2, -0.15) is 0 Å². The van der Waals surface area contributed by atoms with Crippen LogP contribution in [-0.2, 0) is 32.6 Å². The van der Waals surface area contributed by atoms with E-state index in [4.69, 9.17) is 16.3 Å². The average molecular weight is 634 g/mol. The van der Waals surface area contributed by atoms with Crippen LogP contribution in [0.3, 0.4) is 0 Å². The van der Waals surface area contributed by atoms with Crippen LogP contribution in [0.1, 0.15) is 23.6 Å². The van der Waals surface area contributed by atoms with E-state index in [0.717, 1.165) is 21.0 Å². The Morgan fingerprint density at radius 1 is 0.886 bits per heavy atom. The lowest BCUT2D eigenvalue weighted by Gasteiger charge is -2.34. The summed E-state index contributed by atoms with van der Waals surface area (Å²) in [5.41, 5.74) is 2.73. The molecule has 4 aromatic rings. The third kappa shape index (κ3) is 7.98. The van der Waals surface area contributed by atoms with Crippen molar-refractivity contribution in [3.63, 3.8) is 0 Å². The molecule has 0 fully saturated rings. The zero-order chi connectivity index (χ0) is 31.7. The quantitative estimate of drug-likeness (QED) is 0.206. The Morgan fingerprint density at radius 3 is 2.07 bits per heavy atom. The molecule has 230 valence electrons. The molecule has 1 N–H and O–H groups in total. The molecule has 4 rings (SSSR count). The van der Waals surface area contributed by atoms with Gasteiger partial charge in [-0.3, -0.25) is 13.9 Å². The molecule has 0 aliphatic heterocycles. The number of nitrogens with zero attached hydrogens (tertiary/aromatic N) is 2. The van der Waals surface area contributed by atoms with Crippen molar-refractivity contribution in [2.75, 3.05) is 24.5 Å². The highest BCUT2D eigenvalue weighted by atomic mass is 35.5. The van der Waals surface area contributed by atoms with Crippen molar-refractivity contribution in [1.29, 1.82) is 0 Å². The smallest absolute Gasteiger partial charge is 0.264 e. The molecule has 1 atom stereocenters. The first-order valence-corrected chi connectivity index (χ1v) is 16.0. The maximum Gasteiger partial charge on any atom is 0.264 e. The Hall–Kier alpha value is -4.34. The number of methoxy groups -OCH3 is 1. The van der Waals surface area contributed by atoms with Crippen LogP contribution in [0, 0.1) is 6.92 Å². The first-order valence-electron chi connectivity index (χ1n) is 14.2. The molecule has 1 unspecified atom stereocenters. The fourth-order valence-corrected chi connectivity index (χ4v) is 6.46. The number of sulfonamides is 1. The van der Waals surface area contributed by atoms with Gasteiger partial charge in [-0.05, 0) is 55.3 Å². The minimum Gasteiger partial charge on any atom is -0.495 e. The number of hydrogen-bond donors (Lipinski definition) is 1. The number of likely N-dealkylation sites (N-methyl/N-ethyl adjacent to an activating group) is 1. The number of carbonyl (C=O) groups is 2. The van der Waals surface area contributed by atoms with E-state index in [0.29, 0.717) is 12.3 Å². The molecule has 2 amide bonds. The van der Waals surface area contributed by atoms with Crippen LogP contribution in [0.4, 0.5) is 5.69 Å². The number of benzene rings is 4. The Kier molecular flexibility index (Phi) is 11.0. The summed E-state index contributed by atoms with van der Waals surface area (Å²) in [6.45, 7) is 3.56. The van der Waals surface area contributed by atoms with Crippen LogP contribution in [0.15, 0.2) is 108 Å². The van der Waals surface area contributed by atoms with Crippen LogP contribution in [0.5, 0.6) is 5.75 Å². The molecule has 8 nitrogen and oxygen atoms in total. The first kappa shape index (κ1) is 32.6. The molecule has 0 radical (unpaired) electrons. The van der Waals surface area contributed by atoms with E-state index in [2.05, 4.69) is 5.32 Å². The molecular formula is C34H36ClN3O5S. The van der Waals surface area contributed by atoms with Crippen molar-refractivity contribution in [1.82, 2.24) is 10.2 Å². The summed E-state index contributed by atoms with van der Waals surface area (Å²) in [6, 6.07) is 28.7. The second kappa shape index (κ2) is 14.9. The Bertz CT molecular complexity index is 1670. The SMILES string of the molecule is CCNC(=O)C(Cc1ccccc1)N(Cc1ccccc1)C(=O)CN(c1ccc(OC)c(Cl)c1)S(=O)(=O)c1ccc(C)cc1. The van der Waals surface area contributed by atoms with Crippen molar-refractivity contribution in [2.45, 2.75) is 37.8 Å². The van der Waals surface area contributed by atoms with Gasteiger partial charge in [0, 0.05) is 19.5 Å². The van der Waals surface area contributed by atoms with E-state index in [-0.39, 0.29) is 34.5 Å². The summed E-state index contributed by atoms with van der Waals surface area (Å²) in [5, 5.41) is 3.04. The number of nitrogens with one attached hydrogen (secondary N) is 1. The molecule has 0 saturated carbocycles. The van der Waals surface area contributed by atoms with Crippen molar-refractivity contribution >= 4 is 39.1 Å². The molecule has 4 aromatic carbocycles. The number of hydrogen-bond acceptors (Lipinski definition) is 5. The monoisotopic (exact) mass is 633 g/mol. The van der Waals surface area contributed by atoms with E-state index in [1.807, 2.05) is 74.5 Å². The number of rotatable bonds is 13. The van der Waals surface area contributed by atoms with Crippen LogP contribution < -0.4 is 14.4 Å². The molecule has 0 spiro atoms. The predicted octanol–water partition coefficient (Wildman–Crippen LogP) is 5.63. The predicted molar refractivity (Wildman–Crippen MR) is 173 cm³/mol. The second-order valence-electron chi connectivity index (χ2n) is 10.3. The fraction of sp³-hybridized carbons (Fsp3) is 0.235. The average Bonchev–Trinajstić information content (AvgIpc) is 3.02. The summed E-state index contributed by atoms with van der Waals surface area (Å²) in [4.78, 5) is 29.4. The Labute approximate surface area is 264 Å². The summed E-state index contributed by atoms with van der Waals surface area (Å²) in [5.74, 6) is -0.524. The minimum atomic E-state index is -4.24. The van der Waals surface area contributed by atoms with E-state index in [1.54, 1.807) is 18.2 Å². The number of halogens is 1. The highest BCUT2D eigenvalue weighted by Crippen LogP contribution is 2.32. The standard InChI is InChI=1S/C34H36ClN3O5S/c1-4-36-34(40)31(21-26-11-7-5-8-12-26)37(23-27-13-9-6-10-14-27)33(39)24-38(28-17-20-32(43-3)30(35)22-28)44(41,42)29-18-15-25(2)16-19-29/h5-20,22,31H,4,21,23-24H2,1-3H3,(H,36,40). The van der Waals surface area contributed by atoms with Gasteiger partial charge in [-0.15, -0.1) is 0 Å². The van der Waals surface area contributed by atoms with Gasteiger partial charge in [-0.25, -0.2) is 8.42 Å². The van der Waals surface area contributed by atoms with Crippen molar-refractivity contribution in [3.8, 4) is 5.75 Å². The third-order valence-electron chi connectivity index (χ3n) is 7.13. The zero-order valence-electron chi connectivity index (χ0n) is 24.9. The molecule has 0 bridgehead atoms.